The Balaban J connectivity index is 1.86. The average molecular weight is 302 g/mol. The molecule has 3 aromatic rings. The third-order valence-corrected chi connectivity index (χ3v) is 3.93. The van der Waals surface area contributed by atoms with Gasteiger partial charge in [-0.15, -0.1) is 0 Å². The summed E-state index contributed by atoms with van der Waals surface area (Å²) in [6.07, 6.45) is 2.98. The van der Waals surface area contributed by atoms with Gasteiger partial charge in [0.1, 0.15) is 16.9 Å². The van der Waals surface area contributed by atoms with Gasteiger partial charge in [0.2, 0.25) is 0 Å². The molecule has 2 heterocycles. The molecule has 3 N–H and O–H groups in total. The van der Waals surface area contributed by atoms with E-state index in [4.69, 9.17) is 5.73 Å². The third-order valence-electron chi connectivity index (χ3n) is 2.89. The predicted octanol–water partition coefficient (Wildman–Crippen LogP) is 2.14. The standard InChI is InChI=1S/C12H10N6O2S/c13-9-2-1-8(18(19)20)3-7(9)4-21-12-10-11(15-5-14-10)16-6-17-12/h1-3,5-6H,4,13H2,(H,14,15,16,17). The van der Waals surface area contributed by atoms with Gasteiger partial charge in [0, 0.05) is 23.6 Å². The zero-order chi connectivity index (χ0) is 14.8. The summed E-state index contributed by atoms with van der Waals surface area (Å²) >= 11 is 1.42. The minimum Gasteiger partial charge on any atom is -0.398 e. The molecule has 0 amide bonds. The van der Waals surface area contributed by atoms with Crippen molar-refractivity contribution < 1.29 is 4.92 Å². The Bertz CT molecular complexity index is 818. The van der Waals surface area contributed by atoms with Crippen LogP contribution < -0.4 is 5.73 Å². The summed E-state index contributed by atoms with van der Waals surface area (Å²) in [6.45, 7) is 0. The summed E-state index contributed by atoms with van der Waals surface area (Å²) in [6, 6.07) is 4.41. The lowest BCUT2D eigenvalue weighted by Gasteiger charge is -2.05. The highest BCUT2D eigenvalue weighted by Gasteiger charge is 2.11. The van der Waals surface area contributed by atoms with Crippen LogP contribution in [0, 0.1) is 10.1 Å². The number of thioether (sulfide) groups is 1. The highest BCUT2D eigenvalue weighted by atomic mass is 32.2. The molecule has 0 saturated heterocycles. The molecule has 8 nitrogen and oxygen atoms in total. The first kappa shape index (κ1) is 13.3. The molecule has 21 heavy (non-hydrogen) atoms. The van der Waals surface area contributed by atoms with E-state index in [1.165, 1.54) is 30.2 Å². The van der Waals surface area contributed by atoms with Crippen LogP contribution in [-0.2, 0) is 5.75 Å². The number of rotatable bonds is 4. The molecule has 0 saturated carbocycles. The number of aromatic amines is 1. The molecule has 9 heteroatoms. The van der Waals surface area contributed by atoms with E-state index in [-0.39, 0.29) is 5.69 Å². The van der Waals surface area contributed by atoms with Crippen LogP contribution in [0.15, 0.2) is 35.9 Å². The van der Waals surface area contributed by atoms with Gasteiger partial charge >= 0.3 is 0 Å². The van der Waals surface area contributed by atoms with Crippen LogP contribution in [-0.4, -0.2) is 24.9 Å². The van der Waals surface area contributed by atoms with Gasteiger partial charge in [0.05, 0.1) is 11.3 Å². The molecule has 0 fully saturated rings. The summed E-state index contributed by atoms with van der Waals surface area (Å²) in [5, 5.41) is 11.5. The molecular weight excluding hydrogens is 292 g/mol. The average Bonchev–Trinajstić information content (AvgIpc) is 2.95. The van der Waals surface area contributed by atoms with Crippen molar-refractivity contribution in [2.75, 3.05) is 5.73 Å². The number of nitro benzene ring substituents is 1. The van der Waals surface area contributed by atoms with Crippen molar-refractivity contribution in [2.24, 2.45) is 0 Å². The Morgan fingerprint density at radius 2 is 2.19 bits per heavy atom. The number of fused-ring (bicyclic) bond motifs is 1. The predicted molar refractivity (Wildman–Crippen MR) is 78.8 cm³/mol. The van der Waals surface area contributed by atoms with Gasteiger partial charge in [0.25, 0.3) is 5.69 Å². The number of nitrogen functional groups attached to an aromatic ring is 1. The Kier molecular flexibility index (Phi) is 3.40. The van der Waals surface area contributed by atoms with Crippen LogP contribution in [0.1, 0.15) is 5.56 Å². The number of hydrogen-bond donors (Lipinski definition) is 2. The highest BCUT2D eigenvalue weighted by Crippen LogP contribution is 2.29. The lowest BCUT2D eigenvalue weighted by Crippen LogP contribution is -1.96. The Morgan fingerprint density at radius 1 is 1.33 bits per heavy atom. The SMILES string of the molecule is Nc1ccc([N+](=O)[O-])cc1CSc1ncnc2nc[nH]c12. The zero-order valence-corrected chi connectivity index (χ0v) is 11.5. The van der Waals surface area contributed by atoms with E-state index in [0.29, 0.717) is 22.7 Å². The molecule has 2 aromatic heterocycles. The van der Waals surface area contributed by atoms with Crippen molar-refractivity contribution in [3.05, 3.63) is 46.5 Å². The second-order valence-corrected chi connectivity index (χ2v) is 5.17. The normalized spacial score (nSPS) is 10.9. The van der Waals surface area contributed by atoms with Crippen molar-refractivity contribution >= 4 is 34.3 Å². The van der Waals surface area contributed by atoms with Crippen LogP contribution in [0.25, 0.3) is 11.2 Å². The maximum atomic E-state index is 10.8. The number of nitrogens with zero attached hydrogens (tertiary/aromatic N) is 4. The lowest BCUT2D eigenvalue weighted by atomic mass is 10.2. The number of hydrogen-bond acceptors (Lipinski definition) is 7. The molecule has 0 aliphatic carbocycles. The number of anilines is 1. The minimum atomic E-state index is -0.439. The molecule has 0 bridgehead atoms. The van der Waals surface area contributed by atoms with Gasteiger partial charge in [-0.2, -0.15) is 0 Å². The number of benzene rings is 1. The molecule has 0 aliphatic rings. The van der Waals surface area contributed by atoms with E-state index in [2.05, 4.69) is 19.9 Å². The van der Waals surface area contributed by atoms with E-state index in [9.17, 15) is 10.1 Å². The van der Waals surface area contributed by atoms with E-state index >= 15 is 0 Å². The Labute approximate surface area is 123 Å². The molecule has 3 rings (SSSR count). The molecule has 0 atom stereocenters. The summed E-state index contributed by atoms with van der Waals surface area (Å²) in [7, 11) is 0. The summed E-state index contributed by atoms with van der Waals surface area (Å²) in [5.41, 5.74) is 8.42. The molecule has 0 radical (unpaired) electrons. The van der Waals surface area contributed by atoms with Crippen LogP contribution in [0.5, 0.6) is 0 Å². The van der Waals surface area contributed by atoms with Crippen molar-refractivity contribution in [1.82, 2.24) is 19.9 Å². The number of nitrogens with one attached hydrogen (secondary N) is 1. The number of imidazole rings is 1. The monoisotopic (exact) mass is 302 g/mol. The van der Waals surface area contributed by atoms with Crippen LogP contribution in [0.4, 0.5) is 11.4 Å². The molecule has 0 spiro atoms. The molecule has 0 unspecified atom stereocenters. The number of aromatic nitrogens is 4. The van der Waals surface area contributed by atoms with Crippen LogP contribution in [0.3, 0.4) is 0 Å². The topological polar surface area (TPSA) is 124 Å². The van der Waals surface area contributed by atoms with E-state index in [1.807, 2.05) is 0 Å². The van der Waals surface area contributed by atoms with Crippen LogP contribution >= 0.6 is 11.8 Å². The third kappa shape index (κ3) is 2.63. The molecular formula is C12H10N6O2S. The van der Waals surface area contributed by atoms with Gasteiger partial charge in [0.15, 0.2) is 5.65 Å². The summed E-state index contributed by atoms with van der Waals surface area (Å²) in [4.78, 5) is 25.6. The first-order chi connectivity index (χ1) is 10.1. The van der Waals surface area contributed by atoms with Crippen molar-refractivity contribution in [3.63, 3.8) is 0 Å². The van der Waals surface area contributed by atoms with Gasteiger partial charge in [-0.1, -0.05) is 11.8 Å². The number of non-ortho nitro benzene ring substituents is 1. The number of nitro groups is 1. The van der Waals surface area contributed by atoms with Gasteiger partial charge in [-0.3, -0.25) is 10.1 Å². The Morgan fingerprint density at radius 3 is 3.00 bits per heavy atom. The second-order valence-electron chi connectivity index (χ2n) is 4.21. The maximum absolute atomic E-state index is 10.8. The molecule has 0 aliphatic heterocycles. The molecule has 1 aromatic carbocycles. The van der Waals surface area contributed by atoms with Crippen molar-refractivity contribution in [3.8, 4) is 0 Å². The lowest BCUT2D eigenvalue weighted by molar-refractivity contribution is -0.384. The number of nitrogens with two attached hydrogens (primary N) is 1. The quantitative estimate of drug-likeness (QED) is 0.249. The Hall–Kier alpha value is -2.68. The summed E-state index contributed by atoms with van der Waals surface area (Å²) in [5.74, 6) is 0.471. The highest BCUT2D eigenvalue weighted by molar-refractivity contribution is 7.98. The first-order valence-electron chi connectivity index (χ1n) is 5.95. The van der Waals surface area contributed by atoms with Crippen LogP contribution in [0.2, 0.25) is 0 Å². The maximum Gasteiger partial charge on any atom is 0.269 e. The zero-order valence-electron chi connectivity index (χ0n) is 10.7. The first-order valence-corrected chi connectivity index (χ1v) is 6.93. The second kappa shape index (κ2) is 5.37. The fraction of sp³-hybridized carbons (Fsp3) is 0.0833. The fourth-order valence-corrected chi connectivity index (χ4v) is 2.79. The molecule has 106 valence electrons. The van der Waals surface area contributed by atoms with Crippen molar-refractivity contribution in [2.45, 2.75) is 10.8 Å². The number of H-pyrrole nitrogens is 1. The van der Waals surface area contributed by atoms with E-state index < -0.39 is 4.92 Å². The van der Waals surface area contributed by atoms with Gasteiger partial charge in [-0.25, -0.2) is 15.0 Å². The van der Waals surface area contributed by atoms with Crippen molar-refractivity contribution in [1.29, 1.82) is 0 Å². The minimum absolute atomic E-state index is 0.0224. The van der Waals surface area contributed by atoms with Gasteiger partial charge < -0.3 is 10.7 Å². The largest absolute Gasteiger partial charge is 0.398 e. The van der Waals surface area contributed by atoms with Gasteiger partial charge in [-0.05, 0) is 11.6 Å². The smallest absolute Gasteiger partial charge is 0.269 e. The fourth-order valence-electron chi connectivity index (χ4n) is 1.83. The van der Waals surface area contributed by atoms with E-state index in [0.717, 1.165) is 10.5 Å². The summed E-state index contributed by atoms with van der Waals surface area (Å²) < 4.78 is 0. The van der Waals surface area contributed by atoms with E-state index in [1.54, 1.807) is 12.4 Å².